The van der Waals surface area contributed by atoms with E-state index >= 15 is 0 Å². The predicted molar refractivity (Wildman–Crippen MR) is 79.8 cm³/mol. The maximum absolute atomic E-state index is 12.9. The Labute approximate surface area is 130 Å². The van der Waals surface area contributed by atoms with E-state index in [2.05, 4.69) is 12.2 Å². The minimum atomic E-state index is -0.515. The van der Waals surface area contributed by atoms with E-state index in [1.165, 1.54) is 12.5 Å². The van der Waals surface area contributed by atoms with E-state index in [1.807, 2.05) is 6.92 Å². The Bertz CT molecular complexity index is 617. The van der Waals surface area contributed by atoms with Crippen molar-refractivity contribution in [2.75, 3.05) is 6.61 Å². The first kappa shape index (κ1) is 14.0. The molecule has 0 aromatic carbocycles. The highest BCUT2D eigenvalue weighted by atomic mass is 16.5. The number of hydrogen-bond donors (Lipinski definition) is 0. The fourth-order valence-corrected chi connectivity index (χ4v) is 5.89. The summed E-state index contributed by atoms with van der Waals surface area (Å²) in [6.07, 6.45) is 8.71. The van der Waals surface area contributed by atoms with Crippen LogP contribution in [0, 0.1) is 16.7 Å². The lowest BCUT2D eigenvalue weighted by Gasteiger charge is -2.38. The average Bonchev–Trinajstić information content (AvgIpc) is 3.10. The Morgan fingerprint density at radius 2 is 2.14 bits per heavy atom. The van der Waals surface area contributed by atoms with Gasteiger partial charge in [-0.2, -0.15) is 0 Å². The molecule has 3 saturated carbocycles. The van der Waals surface area contributed by atoms with Crippen LogP contribution in [0.25, 0.3) is 0 Å². The van der Waals surface area contributed by atoms with E-state index in [4.69, 9.17) is 9.47 Å². The van der Waals surface area contributed by atoms with Crippen molar-refractivity contribution in [1.82, 2.24) is 0 Å². The van der Waals surface area contributed by atoms with Crippen molar-refractivity contribution in [3.63, 3.8) is 0 Å². The molecule has 4 aliphatic rings. The van der Waals surface area contributed by atoms with Gasteiger partial charge in [-0.15, -0.1) is 0 Å². The Hall–Kier alpha value is -1.58. The Morgan fingerprint density at radius 1 is 1.32 bits per heavy atom. The standard InChI is InChI=1S/C18H22O4/c1-3-21-16(20)17-9-8-13-5-4-12-6-7-14(18(12,13)17)15(10-17)22-11(2)19/h6-7,13,15H,3-5,8-10H2,1-2H3/t13-,15-,17+,18?/m0/s1. The predicted octanol–water partition coefficient (Wildman–Crippen LogP) is 2.93. The van der Waals surface area contributed by atoms with Gasteiger partial charge in [-0.05, 0) is 44.1 Å². The summed E-state index contributed by atoms with van der Waals surface area (Å²) in [4.78, 5) is 24.4. The van der Waals surface area contributed by atoms with Crippen LogP contribution in [0.3, 0.4) is 0 Å². The zero-order valence-electron chi connectivity index (χ0n) is 13.2. The largest absolute Gasteiger partial charge is 0.466 e. The Morgan fingerprint density at radius 3 is 2.86 bits per heavy atom. The Kier molecular flexibility index (Phi) is 2.85. The molecular weight excluding hydrogens is 280 g/mol. The molecule has 0 aliphatic heterocycles. The van der Waals surface area contributed by atoms with Crippen LogP contribution >= 0.6 is 0 Å². The first-order valence-corrected chi connectivity index (χ1v) is 8.32. The number of ether oxygens (including phenoxy) is 2. The van der Waals surface area contributed by atoms with Gasteiger partial charge in [0.05, 0.1) is 12.0 Å². The summed E-state index contributed by atoms with van der Waals surface area (Å²) in [5.74, 6) is 0.134. The molecule has 0 bridgehead atoms. The van der Waals surface area contributed by atoms with Crippen LogP contribution in [0.15, 0.2) is 23.3 Å². The van der Waals surface area contributed by atoms with Gasteiger partial charge in [0, 0.05) is 18.8 Å². The van der Waals surface area contributed by atoms with Crippen molar-refractivity contribution in [2.45, 2.75) is 52.1 Å². The number of hydrogen-bond acceptors (Lipinski definition) is 4. The summed E-state index contributed by atoms with van der Waals surface area (Å²) in [5, 5.41) is 0. The summed E-state index contributed by atoms with van der Waals surface area (Å²) in [6, 6.07) is 0. The third-order valence-corrected chi connectivity index (χ3v) is 6.33. The topological polar surface area (TPSA) is 52.6 Å². The number of carbonyl (C=O) groups is 2. The highest BCUT2D eigenvalue weighted by Gasteiger charge is 2.75. The van der Waals surface area contributed by atoms with Crippen LogP contribution in [0.5, 0.6) is 0 Å². The molecule has 0 saturated heterocycles. The van der Waals surface area contributed by atoms with Gasteiger partial charge < -0.3 is 9.47 Å². The summed E-state index contributed by atoms with van der Waals surface area (Å²) in [5.41, 5.74) is 1.80. The lowest BCUT2D eigenvalue weighted by Crippen LogP contribution is -2.42. The molecule has 1 spiro atoms. The molecule has 0 aromatic rings. The van der Waals surface area contributed by atoms with E-state index in [-0.39, 0.29) is 23.5 Å². The van der Waals surface area contributed by atoms with E-state index in [1.54, 1.807) is 0 Å². The molecule has 4 nitrogen and oxygen atoms in total. The Balaban J connectivity index is 1.83. The molecule has 4 aliphatic carbocycles. The lowest BCUT2D eigenvalue weighted by atomic mass is 9.63. The molecule has 4 atom stereocenters. The molecule has 0 N–H and O–H groups in total. The molecule has 0 heterocycles. The molecule has 4 heteroatoms. The van der Waals surface area contributed by atoms with Crippen LogP contribution in [0.2, 0.25) is 0 Å². The first-order chi connectivity index (χ1) is 10.6. The first-order valence-electron chi connectivity index (χ1n) is 8.32. The number of carbonyl (C=O) groups excluding carboxylic acids is 2. The molecule has 0 amide bonds. The van der Waals surface area contributed by atoms with Crippen molar-refractivity contribution in [2.24, 2.45) is 16.7 Å². The number of esters is 2. The molecule has 4 rings (SSSR count). The van der Waals surface area contributed by atoms with Crippen molar-refractivity contribution >= 4 is 11.9 Å². The van der Waals surface area contributed by atoms with Crippen LogP contribution in [-0.4, -0.2) is 24.6 Å². The second kappa shape index (κ2) is 4.46. The SMILES string of the molecule is CCOC(=O)[C@@]12CC[C@@H]3CCC4=CC=C([C@@H](OC(C)=O)C1)C432. The maximum Gasteiger partial charge on any atom is 0.313 e. The van der Waals surface area contributed by atoms with Gasteiger partial charge in [0.1, 0.15) is 6.10 Å². The van der Waals surface area contributed by atoms with E-state index in [0.29, 0.717) is 18.9 Å². The van der Waals surface area contributed by atoms with Gasteiger partial charge in [-0.3, -0.25) is 9.59 Å². The van der Waals surface area contributed by atoms with Gasteiger partial charge in [-0.25, -0.2) is 0 Å². The van der Waals surface area contributed by atoms with E-state index in [9.17, 15) is 9.59 Å². The van der Waals surface area contributed by atoms with Crippen LogP contribution in [-0.2, 0) is 19.1 Å². The van der Waals surface area contributed by atoms with Gasteiger partial charge in [-0.1, -0.05) is 17.7 Å². The van der Waals surface area contributed by atoms with Crippen molar-refractivity contribution < 1.29 is 19.1 Å². The normalized spacial score (nSPS) is 40.8. The summed E-state index contributed by atoms with van der Waals surface area (Å²) >= 11 is 0. The summed E-state index contributed by atoms with van der Waals surface area (Å²) in [7, 11) is 0. The maximum atomic E-state index is 12.9. The minimum Gasteiger partial charge on any atom is -0.466 e. The number of rotatable bonds is 3. The van der Waals surface area contributed by atoms with Gasteiger partial charge in [0.2, 0.25) is 0 Å². The van der Waals surface area contributed by atoms with Crippen molar-refractivity contribution in [3.8, 4) is 0 Å². The minimum absolute atomic E-state index is 0.0900. The number of allylic oxidation sites excluding steroid dienone is 3. The molecular formula is C18H22O4. The molecule has 0 radical (unpaired) electrons. The molecule has 118 valence electrons. The zero-order valence-corrected chi connectivity index (χ0v) is 13.2. The third kappa shape index (κ3) is 1.39. The molecule has 0 aromatic heterocycles. The highest BCUT2D eigenvalue weighted by molar-refractivity contribution is 5.84. The van der Waals surface area contributed by atoms with E-state index in [0.717, 1.165) is 31.3 Å². The fourth-order valence-electron chi connectivity index (χ4n) is 5.89. The molecule has 1 unspecified atom stereocenters. The monoisotopic (exact) mass is 302 g/mol. The average molecular weight is 302 g/mol. The van der Waals surface area contributed by atoms with Gasteiger partial charge >= 0.3 is 11.9 Å². The lowest BCUT2D eigenvalue weighted by molar-refractivity contribution is -0.160. The summed E-state index contributed by atoms with van der Waals surface area (Å²) < 4.78 is 11.1. The van der Waals surface area contributed by atoms with Crippen LogP contribution in [0.4, 0.5) is 0 Å². The smallest absolute Gasteiger partial charge is 0.313 e. The second-order valence-corrected chi connectivity index (χ2v) is 7.00. The van der Waals surface area contributed by atoms with Gasteiger partial charge in [0.15, 0.2) is 0 Å². The van der Waals surface area contributed by atoms with Crippen LogP contribution < -0.4 is 0 Å². The quantitative estimate of drug-likeness (QED) is 0.752. The van der Waals surface area contributed by atoms with Crippen LogP contribution in [0.1, 0.15) is 46.0 Å². The van der Waals surface area contributed by atoms with Gasteiger partial charge in [0.25, 0.3) is 0 Å². The molecule has 3 fully saturated rings. The van der Waals surface area contributed by atoms with Crippen molar-refractivity contribution in [3.05, 3.63) is 23.3 Å². The summed E-state index contributed by atoms with van der Waals surface area (Å²) in [6.45, 7) is 3.70. The highest BCUT2D eigenvalue weighted by Crippen LogP contribution is 2.77. The molecule has 22 heavy (non-hydrogen) atoms. The second-order valence-electron chi connectivity index (χ2n) is 7.00. The zero-order chi connectivity index (χ0) is 15.5. The van der Waals surface area contributed by atoms with E-state index < -0.39 is 5.41 Å². The van der Waals surface area contributed by atoms with Crippen molar-refractivity contribution in [1.29, 1.82) is 0 Å². The fraction of sp³-hybridized carbons (Fsp3) is 0.667. The third-order valence-electron chi connectivity index (χ3n) is 6.33.